The highest BCUT2D eigenvalue weighted by Crippen LogP contribution is 2.29. The highest BCUT2D eigenvalue weighted by atomic mass is 32.2. The molecule has 1 N–H and O–H groups in total. The fourth-order valence-corrected chi connectivity index (χ4v) is 4.05. The number of carbonyl (C=O) groups is 1. The number of rotatable bonds is 3. The Bertz CT molecular complexity index is 277. The molecule has 2 unspecified atom stereocenters. The van der Waals surface area contributed by atoms with Crippen molar-refractivity contribution >= 4 is 17.7 Å². The van der Waals surface area contributed by atoms with E-state index in [0.717, 1.165) is 50.3 Å². The number of nitrogens with zero attached hydrogens (tertiary/aromatic N) is 1. The highest BCUT2D eigenvalue weighted by molar-refractivity contribution is 7.99. The van der Waals surface area contributed by atoms with E-state index in [9.17, 15) is 4.79 Å². The zero-order valence-electron chi connectivity index (χ0n) is 11.0. The standard InChI is InChI=1S/C13H24N2OS/c1-3-5-13(6-4-7-14-13)12(16)15-8-9-17-10-11(15)2/h11,14H,3-10H2,1-2H3. The first-order valence-corrected chi connectivity index (χ1v) is 7.99. The summed E-state index contributed by atoms with van der Waals surface area (Å²) in [6, 6.07) is 0.400. The molecular formula is C13H24N2OS. The third kappa shape index (κ3) is 2.63. The van der Waals surface area contributed by atoms with Crippen LogP contribution in [-0.4, -0.2) is 47.0 Å². The maximum Gasteiger partial charge on any atom is 0.243 e. The van der Waals surface area contributed by atoms with Crippen LogP contribution in [0, 0.1) is 0 Å². The molecule has 0 bridgehead atoms. The lowest BCUT2D eigenvalue weighted by molar-refractivity contribution is -0.139. The van der Waals surface area contributed by atoms with Crippen LogP contribution in [0.15, 0.2) is 0 Å². The number of thioether (sulfide) groups is 1. The highest BCUT2D eigenvalue weighted by Gasteiger charge is 2.43. The summed E-state index contributed by atoms with van der Waals surface area (Å²) in [5.74, 6) is 2.55. The molecule has 0 spiro atoms. The van der Waals surface area contributed by atoms with Crippen molar-refractivity contribution in [3.63, 3.8) is 0 Å². The molecule has 0 aliphatic carbocycles. The molecule has 17 heavy (non-hydrogen) atoms. The van der Waals surface area contributed by atoms with E-state index >= 15 is 0 Å². The normalized spacial score (nSPS) is 34.0. The predicted molar refractivity (Wildman–Crippen MR) is 73.4 cm³/mol. The lowest BCUT2D eigenvalue weighted by Gasteiger charge is -2.40. The van der Waals surface area contributed by atoms with E-state index in [4.69, 9.17) is 0 Å². The van der Waals surface area contributed by atoms with Gasteiger partial charge < -0.3 is 10.2 Å². The third-order valence-electron chi connectivity index (χ3n) is 3.96. The Labute approximate surface area is 109 Å². The van der Waals surface area contributed by atoms with E-state index in [1.165, 1.54) is 0 Å². The van der Waals surface area contributed by atoms with Gasteiger partial charge in [0.15, 0.2) is 0 Å². The summed E-state index contributed by atoms with van der Waals surface area (Å²) in [7, 11) is 0. The van der Waals surface area contributed by atoms with Crippen LogP contribution in [0.2, 0.25) is 0 Å². The molecule has 0 radical (unpaired) electrons. The van der Waals surface area contributed by atoms with Crippen molar-refractivity contribution in [2.45, 2.75) is 51.1 Å². The van der Waals surface area contributed by atoms with Crippen molar-refractivity contribution < 1.29 is 4.79 Å². The van der Waals surface area contributed by atoms with Crippen molar-refractivity contribution in [3.05, 3.63) is 0 Å². The zero-order chi connectivity index (χ0) is 12.3. The topological polar surface area (TPSA) is 32.3 Å². The van der Waals surface area contributed by atoms with Crippen molar-refractivity contribution in [2.75, 3.05) is 24.6 Å². The first kappa shape index (κ1) is 13.2. The van der Waals surface area contributed by atoms with Gasteiger partial charge in [0.2, 0.25) is 5.91 Å². The Morgan fingerprint density at radius 1 is 1.59 bits per heavy atom. The first-order chi connectivity index (χ1) is 8.19. The smallest absolute Gasteiger partial charge is 0.243 e. The Hall–Kier alpha value is -0.220. The first-order valence-electron chi connectivity index (χ1n) is 6.83. The second-order valence-corrected chi connectivity index (χ2v) is 6.43. The number of nitrogens with one attached hydrogen (secondary N) is 1. The molecule has 2 rings (SSSR count). The Kier molecular flexibility index (Phi) is 4.36. The molecule has 2 aliphatic heterocycles. The van der Waals surface area contributed by atoms with Crippen molar-refractivity contribution in [1.82, 2.24) is 10.2 Å². The predicted octanol–water partition coefficient (Wildman–Crippen LogP) is 1.87. The van der Waals surface area contributed by atoms with Gasteiger partial charge in [0.25, 0.3) is 0 Å². The molecule has 98 valence electrons. The molecule has 4 heteroatoms. The van der Waals surface area contributed by atoms with Gasteiger partial charge in [-0.15, -0.1) is 0 Å². The second-order valence-electron chi connectivity index (χ2n) is 5.28. The molecule has 2 heterocycles. The summed E-state index contributed by atoms with van der Waals surface area (Å²) >= 11 is 1.96. The molecule has 0 aromatic rings. The van der Waals surface area contributed by atoms with Gasteiger partial charge in [-0.2, -0.15) is 11.8 Å². The van der Waals surface area contributed by atoms with Crippen LogP contribution in [0.5, 0.6) is 0 Å². The average Bonchev–Trinajstić information content (AvgIpc) is 2.79. The van der Waals surface area contributed by atoms with E-state index in [-0.39, 0.29) is 5.54 Å². The van der Waals surface area contributed by atoms with E-state index in [1.807, 2.05) is 11.8 Å². The molecular weight excluding hydrogens is 232 g/mol. The van der Waals surface area contributed by atoms with Crippen molar-refractivity contribution in [1.29, 1.82) is 0 Å². The summed E-state index contributed by atoms with van der Waals surface area (Å²) in [6.07, 6.45) is 4.23. The van der Waals surface area contributed by atoms with Crippen LogP contribution in [0.25, 0.3) is 0 Å². The number of hydrogen-bond donors (Lipinski definition) is 1. The van der Waals surface area contributed by atoms with Crippen LogP contribution in [0.4, 0.5) is 0 Å². The van der Waals surface area contributed by atoms with Crippen LogP contribution in [-0.2, 0) is 4.79 Å². The van der Waals surface area contributed by atoms with Gasteiger partial charge in [0.05, 0.1) is 5.54 Å². The maximum atomic E-state index is 12.8. The Morgan fingerprint density at radius 2 is 2.41 bits per heavy atom. The van der Waals surface area contributed by atoms with Crippen LogP contribution in [0.3, 0.4) is 0 Å². The quantitative estimate of drug-likeness (QED) is 0.837. The van der Waals surface area contributed by atoms with Gasteiger partial charge in [-0.25, -0.2) is 0 Å². The summed E-state index contributed by atoms with van der Waals surface area (Å²) in [4.78, 5) is 14.9. The summed E-state index contributed by atoms with van der Waals surface area (Å²) < 4.78 is 0. The molecule has 2 atom stereocenters. The minimum atomic E-state index is -0.231. The molecule has 3 nitrogen and oxygen atoms in total. The molecule has 2 saturated heterocycles. The minimum absolute atomic E-state index is 0.231. The maximum absolute atomic E-state index is 12.8. The van der Waals surface area contributed by atoms with E-state index in [2.05, 4.69) is 24.1 Å². The average molecular weight is 256 g/mol. The fourth-order valence-electron chi connectivity index (χ4n) is 3.04. The van der Waals surface area contributed by atoms with Crippen LogP contribution in [0.1, 0.15) is 39.5 Å². The fraction of sp³-hybridized carbons (Fsp3) is 0.923. The number of carbonyl (C=O) groups excluding carboxylic acids is 1. The van der Waals surface area contributed by atoms with Gasteiger partial charge in [0.1, 0.15) is 0 Å². The lowest BCUT2D eigenvalue weighted by Crippen LogP contribution is -2.58. The summed E-state index contributed by atoms with van der Waals surface area (Å²) in [5.41, 5.74) is -0.231. The molecule has 1 amide bonds. The van der Waals surface area contributed by atoms with E-state index < -0.39 is 0 Å². The third-order valence-corrected chi connectivity index (χ3v) is 5.15. The molecule has 2 fully saturated rings. The largest absolute Gasteiger partial charge is 0.337 e. The van der Waals surface area contributed by atoms with Gasteiger partial charge in [-0.3, -0.25) is 4.79 Å². The Morgan fingerprint density at radius 3 is 3.00 bits per heavy atom. The summed E-state index contributed by atoms with van der Waals surface area (Å²) in [5, 5.41) is 3.49. The lowest BCUT2D eigenvalue weighted by atomic mass is 9.89. The second kappa shape index (κ2) is 5.61. The van der Waals surface area contributed by atoms with Gasteiger partial charge >= 0.3 is 0 Å². The van der Waals surface area contributed by atoms with E-state index in [0.29, 0.717) is 11.9 Å². The van der Waals surface area contributed by atoms with Crippen LogP contribution >= 0.6 is 11.8 Å². The Balaban J connectivity index is 2.10. The molecule has 2 aliphatic rings. The minimum Gasteiger partial charge on any atom is -0.337 e. The van der Waals surface area contributed by atoms with Gasteiger partial charge in [-0.1, -0.05) is 13.3 Å². The van der Waals surface area contributed by atoms with E-state index in [1.54, 1.807) is 0 Å². The molecule has 0 aromatic carbocycles. The SMILES string of the molecule is CCCC1(C(=O)N2CCSCC2C)CCCN1. The number of amides is 1. The van der Waals surface area contributed by atoms with Gasteiger partial charge in [0, 0.05) is 24.1 Å². The number of hydrogen-bond acceptors (Lipinski definition) is 3. The molecule has 0 saturated carbocycles. The van der Waals surface area contributed by atoms with Gasteiger partial charge in [-0.05, 0) is 32.7 Å². The van der Waals surface area contributed by atoms with Crippen LogP contribution < -0.4 is 5.32 Å². The van der Waals surface area contributed by atoms with Crippen molar-refractivity contribution in [3.8, 4) is 0 Å². The molecule has 0 aromatic heterocycles. The monoisotopic (exact) mass is 256 g/mol. The summed E-state index contributed by atoms with van der Waals surface area (Å²) in [6.45, 7) is 6.28. The zero-order valence-corrected chi connectivity index (χ0v) is 11.8. The van der Waals surface area contributed by atoms with Crippen molar-refractivity contribution in [2.24, 2.45) is 0 Å².